The van der Waals surface area contributed by atoms with Crippen LogP contribution in [-0.2, 0) is 9.59 Å². The molecule has 0 aromatic heterocycles. The average molecular weight is 454 g/mol. The van der Waals surface area contributed by atoms with Crippen LogP contribution in [0.25, 0.3) is 0 Å². The number of hydrogen-bond acceptors (Lipinski definition) is 7. The van der Waals surface area contributed by atoms with Crippen molar-refractivity contribution in [2.24, 2.45) is 11.0 Å². The number of benzene rings is 3. The summed E-state index contributed by atoms with van der Waals surface area (Å²) < 4.78 is 0. The molecule has 3 aromatic carbocycles. The van der Waals surface area contributed by atoms with E-state index in [1.165, 1.54) is 29.3 Å². The second kappa shape index (κ2) is 8.04. The number of amides is 2. The van der Waals surface area contributed by atoms with Crippen LogP contribution in [0.5, 0.6) is 0 Å². The van der Waals surface area contributed by atoms with Crippen LogP contribution < -0.4 is 9.91 Å². The number of rotatable bonds is 5. The summed E-state index contributed by atoms with van der Waals surface area (Å²) in [6, 6.07) is 19.9. The number of hydrogen-bond donors (Lipinski definition) is 0. The molecule has 1 saturated heterocycles. The van der Waals surface area contributed by atoms with Gasteiger partial charge in [0, 0.05) is 17.7 Å². The Morgan fingerprint density at radius 1 is 0.912 bits per heavy atom. The Kier molecular flexibility index (Phi) is 5.01. The summed E-state index contributed by atoms with van der Waals surface area (Å²) in [5.41, 5.74) is 1.66. The van der Waals surface area contributed by atoms with Gasteiger partial charge in [-0.3, -0.25) is 29.5 Å². The van der Waals surface area contributed by atoms with E-state index in [-0.39, 0.29) is 17.1 Å². The molecule has 0 N–H and O–H groups in total. The average Bonchev–Trinajstić information content (AvgIpc) is 3.36. The normalized spacial score (nSPS) is 19.3. The zero-order chi connectivity index (χ0) is 24.0. The van der Waals surface area contributed by atoms with Crippen molar-refractivity contribution in [3.63, 3.8) is 0 Å². The first-order chi connectivity index (χ1) is 16.4. The molecule has 2 atom stereocenters. The van der Waals surface area contributed by atoms with E-state index >= 15 is 0 Å². The van der Waals surface area contributed by atoms with Crippen molar-refractivity contribution >= 4 is 40.4 Å². The predicted molar refractivity (Wildman–Crippen MR) is 125 cm³/mol. The van der Waals surface area contributed by atoms with Crippen LogP contribution in [0.15, 0.2) is 84.0 Å². The van der Waals surface area contributed by atoms with Gasteiger partial charge in [-0.05, 0) is 25.1 Å². The Morgan fingerprint density at radius 3 is 2.26 bits per heavy atom. The molecular weight excluding hydrogens is 436 g/mol. The Morgan fingerprint density at radius 2 is 1.59 bits per heavy atom. The number of nitrogens with zero attached hydrogens (tertiary/aromatic N) is 4. The van der Waals surface area contributed by atoms with E-state index in [0.29, 0.717) is 11.3 Å². The van der Waals surface area contributed by atoms with Gasteiger partial charge in [-0.1, -0.05) is 54.1 Å². The van der Waals surface area contributed by atoms with Crippen LogP contribution in [0.1, 0.15) is 15.9 Å². The van der Waals surface area contributed by atoms with Gasteiger partial charge in [0.2, 0.25) is 11.7 Å². The molecule has 9 heteroatoms. The van der Waals surface area contributed by atoms with Gasteiger partial charge >= 0.3 is 0 Å². The standard InChI is InChI=1S/C25H18N4O5/c1-15-10-12-16(13-11-15)23(30)21-20-22(28(26-21)17-6-3-2-4-7-17)25(32)27(24(20)31)18-8-5-9-19(14-18)29(33)34/h2-14,20,22H,1H3/t20-,22-/m1/s1. The minimum absolute atomic E-state index is 0.0380. The zero-order valence-corrected chi connectivity index (χ0v) is 18.0. The van der Waals surface area contributed by atoms with Gasteiger partial charge in [-0.15, -0.1) is 0 Å². The number of anilines is 2. The van der Waals surface area contributed by atoms with Crippen molar-refractivity contribution < 1.29 is 19.3 Å². The van der Waals surface area contributed by atoms with E-state index in [9.17, 15) is 24.5 Å². The number of hydrazone groups is 1. The second-order valence-corrected chi connectivity index (χ2v) is 8.07. The van der Waals surface area contributed by atoms with Gasteiger partial charge in [0.1, 0.15) is 17.7 Å². The molecule has 34 heavy (non-hydrogen) atoms. The number of nitro groups is 1. The van der Waals surface area contributed by atoms with E-state index in [0.717, 1.165) is 10.5 Å². The number of ketones is 1. The van der Waals surface area contributed by atoms with Crippen LogP contribution in [-0.4, -0.2) is 34.3 Å². The molecule has 0 radical (unpaired) electrons. The summed E-state index contributed by atoms with van der Waals surface area (Å²) in [5, 5.41) is 17.1. The summed E-state index contributed by atoms with van der Waals surface area (Å²) in [6.07, 6.45) is 0. The third-order valence-electron chi connectivity index (χ3n) is 5.92. The quantitative estimate of drug-likeness (QED) is 0.252. The van der Waals surface area contributed by atoms with Gasteiger partial charge in [0.25, 0.3) is 11.6 Å². The Bertz CT molecular complexity index is 1370. The molecule has 2 amide bonds. The van der Waals surface area contributed by atoms with E-state index in [4.69, 9.17) is 0 Å². The largest absolute Gasteiger partial charge is 0.287 e. The first-order valence-corrected chi connectivity index (χ1v) is 10.5. The van der Waals surface area contributed by atoms with E-state index in [1.807, 2.05) is 6.92 Å². The number of nitro benzene ring substituents is 1. The molecule has 0 spiro atoms. The highest BCUT2D eigenvalue weighted by molar-refractivity contribution is 6.53. The van der Waals surface area contributed by atoms with E-state index < -0.39 is 34.5 Å². The van der Waals surface area contributed by atoms with Crippen molar-refractivity contribution in [3.8, 4) is 0 Å². The Balaban J connectivity index is 1.60. The van der Waals surface area contributed by atoms with Gasteiger partial charge in [-0.25, -0.2) is 4.90 Å². The van der Waals surface area contributed by atoms with Crippen LogP contribution >= 0.6 is 0 Å². The molecular formula is C25H18N4O5. The molecule has 2 heterocycles. The maximum absolute atomic E-state index is 13.5. The highest BCUT2D eigenvalue weighted by Crippen LogP contribution is 2.39. The fourth-order valence-corrected chi connectivity index (χ4v) is 4.25. The van der Waals surface area contributed by atoms with Gasteiger partial charge < -0.3 is 0 Å². The number of carbonyl (C=O) groups is 3. The topological polar surface area (TPSA) is 113 Å². The van der Waals surface area contributed by atoms with Crippen LogP contribution in [0.2, 0.25) is 0 Å². The smallest absolute Gasteiger partial charge is 0.271 e. The molecule has 168 valence electrons. The van der Waals surface area contributed by atoms with Crippen LogP contribution in [0.4, 0.5) is 17.1 Å². The summed E-state index contributed by atoms with van der Waals surface area (Å²) in [5.74, 6) is -2.83. The molecule has 5 rings (SSSR count). The first kappa shape index (κ1) is 21.2. The molecule has 0 aliphatic carbocycles. The second-order valence-electron chi connectivity index (χ2n) is 8.07. The summed E-state index contributed by atoms with van der Waals surface area (Å²) >= 11 is 0. The number of non-ortho nitro benzene ring substituents is 1. The van der Waals surface area contributed by atoms with Crippen molar-refractivity contribution in [1.29, 1.82) is 0 Å². The molecule has 2 aliphatic rings. The zero-order valence-electron chi connectivity index (χ0n) is 18.0. The minimum Gasteiger partial charge on any atom is -0.287 e. The van der Waals surface area contributed by atoms with Crippen molar-refractivity contribution in [3.05, 3.63) is 100 Å². The first-order valence-electron chi connectivity index (χ1n) is 10.5. The number of aryl methyl sites for hydroxylation is 1. The molecule has 0 saturated carbocycles. The monoisotopic (exact) mass is 454 g/mol. The number of carbonyl (C=O) groups excluding carboxylic acids is 3. The van der Waals surface area contributed by atoms with Gasteiger partial charge in [0.15, 0.2) is 0 Å². The Hall–Kier alpha value is -4.66. The van der Waals surface area contributed by atoms with Gasteiger partial charge in [-0.2, -0.15) is 5.10 Å². The number of imide groups is 1. The number of Topliss-reactive ketones (excluding diaryl/α,β-unsaturated/α-hetero) is 1. The van der Waals surface area contributed by atoms with E-state index in [1.54, 1.807) is 54.6 Å². The van der Waals surface area contributed by atoms with Crippen LogP contribution in [0.3, 0.4) is 0 Å². The lowest BCUT2D eigenvalue weighted by Crippen LogP contribution is -2.39. The van der Waals surface area contributed by atoms with Crippen molar-refractivity contribution in [2.45, 2.75) is 13.0 Å². The lowest BCUT2D eigenvalue weighted by atomic mass is 9.92. The maximum atomic E-state index is 13.5. The SMILES string of the molecule is Cc1ccc(C(=O)C2=NN(c3ccccc3)[C@H]3C(=O)N(c4cccc([N+](=O)[O-])c4)C(=O)[C@H]23)cc1. The summed E-state index contributed by atoms with van der Waals surface area (Å²) in [4.78, 5) is 52.0. The summed E-state index contributed by atoms with van der Waals surface area (Å²) in [7, 11) is 0. The lowest BCUT2D eigenvalue weighted by Gasteiger charge is -2.22. The van der Waals surface area contributed by atoms with E-state index in [2.05, 4.69) is 5.10 Å². The molecule has 3 aromatic rings. The minimum atomic E-state index is -1.14. The third kappa shape index (κ3) is 3.34. The van der Waals surface area contributed by atoms with Gasteiger partial charge in [0.05, 0.1) is 16.3 Å². The van der Waals surface area contributed by atoms with Crippen LogP contribution in [0, 0.1) is 23.0 Å². The highest BCUT2D eigenvalue weighted by Gasteiger charge is 2.58. The molecule has 1 fully saturated rings. The summed E-state index contributed by atoms with van der Waals surface area (Å²) in [6.45, 7) is 1.89. The molecule has 9 nitrogen and oxygen atoms in total. The molecule has 2 aliphatic heterocycles. The third-order valence-corrected chi connectivity index (χ3v) is 5.92. The highest BCUT2D eigenvalue weighted by atomic mass is 16.6. The molecule has 0 unspecified atom stereocenters. The molecule has 0 bridgehead atoms. The predicted octanol–water partition coefficient (Wildman–Crippen LogP) is 3.52. The Labute approximate surface area is 194 Å². The van der Waals surface area contributed by atoms with Crippen molar-refractivity contribution in [2.75, 3.05) is 9.91 Å². The van der Waals surface area contributed by atoms with Crippen molar-refractivity contribution in [1.82, 2.24) is 0 Å². The lowest BCUT2D eigenvalue weighted by molar-refractivity contribution is -0.384. The maximum Gasteiger partial charge on any atom is 0.271 e. The fourth-order valence-electron chi connectivity index (χ4n) is 4.25. The number of fused-ring (bicyclic) bond motifs is 1. The number of para-hydroxylation sites is 1. The fraction of sp³-hybridized carbons (Fsp3) is 0.120.